The first-order valence-corrected chi connectivity index (χ1v) is 7.34. The van der Waals surface area contributed by atoms with E-state index in [2.05, 4.69) is 9.71 Å². The summed E-state index contributed by atoms with van der Waals surface area (Å²) in [5.41, 5.74) is 0. The van der Waals surface area contributed by atoms with Crippen molar-refractivity contribution in [2.45, 2.75) is 31.3 Å². The monoisotopic (exact) mass is 263 g/mol. The summed E-state index contributed by atoms with van der Waals surface area (Å²) >= 11 is 5.37. The lowest BCUT2D eigenvalue weighted by Gasteiger charge is -2.21. The zero-order chi connectivity index (χ0) is 11.6. The minimum atomic E-state index is -3.35. The van der Waals surface area contributed by atoms with Crippen LogP contribution in [0.25, 0.3) is 0 Å². The van der Waals surface area contributed by atoms with Crippen LogP contribution in [0.4, 0.5) is 0 Å². The predicted octanol–water partition coefficient (Wildman–Crippen LogP) is 1.09. The van der Waals surface area contributed by atoms with Gasteiger partial charge in [-0.2, -0.15) is 0 Å². The van der Waals surface area contributed by atoms with Crippen LogP contribution in [0.5, 0.6) is 0 Å². The molecule has 0 radical (unpaired) electrons. The van der Waals surface area contributed by atoms with Gasteiger partial charge < -0.3 is 4.57 Å². The second-order valence-electron chi connectivity index (χ2n) is 3.96. The molecule has 7 heteroatoms. The Kier molecular flexibility index (Phi) is 3.51. The van der Waals surface area contributed by atoms with Crippen molar-refractivity contribution in [3.63, 3.8) is 0 Å². The van der Waals surface area contributed by atoms with Gasteiger partial charge in [0.2, 0.25) is 10.0 Å². The van der Waals surface area contributed by atoms with E-state index in [1.807, 2.05) is 10.8 Å². The van der Waals surface area contributed by atoms with E-state index >= 15 is 0 Å². The van der Waals surface area contributed by atoms with Crippen LogP contribution in [0, 0.1) is 0 Å². The third kappa shape index (κ3) is 2.56. The molecule has 5 nitrogen and oxygen atoms in total. The van der Waals surface area contributed by atoms with Crippen LogP contribution in [0.15, 0.2) is 18.7 Å². The van der Waals surface area contributed by atoms with Crippen molar-refractivity contribution < 1.29 is 8.42 Å². The van der Waals surface area contributed by atoms with E-state index in [9.17, 15) is 8.42 Å². The average Bonchev–Trinajstić information content (AvgIpc) is 2.86. The summed E-state index contributed by atoms with van der Waals surface area (Å²) in [4.78, 5) is 3.98. The minimum absolute atomic E-state index is 0.0713. The maximum atomic E-state index is 11.4. The molecule has 0 saturated heterocycles. The Morgan fingerprint density at radius 1 is 1.50 bits per heavy atom. The van der Waals surface area contributed by atoms with Gasteiger partial charge in [0, 0.05) is 18.4 Å². The molecule has 2 atom stereocenters. The zero-order valence-corrected chi connectivity index (χ0v) is 10.3. The second kappa shape index (κ2) is 4.73. The summed E-state index contributed by atoms with van der Waals surface area (Å²) in [6.45, 7) is 0. The van der Waals surface area contributed by atoms with Crippen molar-refractivity contribution in [2.75, 3.05) is 5.21 Å². The van der Waals surface area contributed by atoms with Crippen LogP contribution in [0.1, 0.15) is 25.3 Å². The van der Waals surface area contributed by atoms with E-state index in [4.69, 9.17) is 11.6 Å². The molecule has 1 aromatic heterocycles. The summed E-state index contributed by atoms with van der Waals surface area (Å²) < 4.78 is 27.4. The predicted molar refractivity (Wildman–Crippen MR) is 61.7 cm³/mol. The van der Waals surface area contributed by atoms with Crippen molar-refractivity contribution >= 4 is 21.6 Å². The van der Waals surface area contributed by atoms with Gasteiger partial charge in [0.25, 0.3) is 0 Å². The third-order valence-corrected chi connectivity index (χ3v) is 4.67. The highest BCUT2D eigenvalue weighted by Crippen LogP contribution is 2.30. The molecule has 0 amide bonds. The molecule has 0 bridgehead atoms. The first-order valence-electron chi connectivity index (χ1n) is 5.16. The van der Waals surface area contributed by atoms with Crippen LogP contribution >= 0.6 is 11.6 Å². The fourth-order valence-electron chi connectivity index (χ4n) is 2.16. The molecule has 1 N–H and O–H groups in total. The number of imidazole rings is 1. The van der Waals surface area contributed by atoms with Crippen molar-refractivity contribution in [2.24, 2.45) is 0 Å². The maximum Gasteiger partial charge on any atom is 0.225 e. The number of hydrogen-bond donors (Lipinski definition) is 1. The highest BCUT2D eigenvalue weighted by Gasteiger charge is 2.31. The van der Waals surface area contributed by atoms with Crippen LogP contribution in [0.3, 0.4) is 0 Å². The zero-order valence-electron chi connectivity index (χ0n) is 8.71. The number of rotatable bonds is 4. The number of nitrogens with one attached hydrogen (secondary N) is 1. The quantitative estimate of drug-likeness (QED) is 0.827. The standard InChI is InChI=1S/C9H14ClN3O2S/c10-6-16(14,15)12-8-2-1-3-9(8)13-5-4-11-7-13/h4-5,7-9,12H,1-3,6H2. The van der Waals surface area contributed by atoms with Gasteiger partial charge in [0.05, 0.1) is 12.4 Å². The highest BCUT2D eigenvalue weighted by atomic mass is 35.5. The molecule has 1 aromatic rings. The van der Waals surface area contributed by atoms with Crippen molar-refractivity contribution in [1.82, 2.24) is 14.3 Å². The Morgan fingerprint density at radius 3 is 2.94 bits per heavy atom. The molecule has 1 aliphatic rings. The molecule has 1 aliphatic carbocycles. The summed E-state index contributed by atoms with van der Waals surface area (Å²) in [7, 11) is -3.35. The fraction of sp³-hybridized carbons (Fsp3) is 0.667. The molecule has 0 aromatic carbocycles. The van der Waals surface area contributed by atoms with Crippen LogP contribution in [0.2, 0.25) is 0 Å². The summed E-state index contributed by atoms with van der Waals surface area (Å²) in [6.07, 6.45) is 8.10. The van der Waals surface area contributed by atoms with Gasteiger partial charge in [-0.15, -0.1) is 11.6 Å². The Balaban J connectivity index is 2.10. The molecule has 0 aliphatic heterocycles. The lowest BCUT2D eigenvalue weighted by atomic mass is 10.2. The van der Waals surface area contributed by atoms with Crippen LogP contribution in [-0.2, 0) is 10.0 Å². The Bertz CT molecular complexity index is 432. The van der Waals surface area contributed by atoms with E-state index in [-0.39, 0.29) is 17.3 Å². The van der Waals surface area contributed by atoms with Gasteiger partial charge in [0.15, 0.2) is 0 Å². The highest BCUT2D eigenvalue weighted by molar-refractivity contribution is 7.90. The van der Waals surface area contributed by atoms with Gasteiger partial charge in [-0.1, -0.05) is 0 Å². The minimum Gasteiger partial charge on any atom is -0.333 e. The van der Waals surface area contributed by atoms with Gasteiger partial charge in [0.1, 0.15) is 5.21 Å². The number of aromatic nitrogens is 2. The SMILES string of the molecule is O=S(=O)(CCl)NC1CCCC1n1ccnc1. The van der Waals surface area contributed by atoms with Gasteiger partial charge in [-0.25, -0.2) is 18.1 Å². The molecule has 1 heterocycles. The van der Waals surface area contributed by atoms with Crippen LogP contribution in [-0.4, -0.2) is 29.2 Å². The number of alkyl halides is 1. The van der Waals surface area contributed by atoms with Crippen molar-refractivity contribution in [3.05, 3.63) is 18.7 Å². The molecule has 0 spiro atoms. The normalized spacial score (nSPS) is 26.1. The Hall–Kier alpha value is -0.590. The number of nitrogens with zero attached hydrogens (tertiary/aromatic N) is 2. The number of halogens is 1. The van der Waals surface area contributed by atoms with Gasteiger partial charge in [-0.3, -0.25) is 0 Å². The van der Waals surface area contributed by atoms with Gasteiger partial charge in [-0.05, 0) is 19.3 Å². The largest absolute Gasteiger partial charge is 0.333 e. The van der Waals surface area contributed by atoms with E-state index in [0.29, 0.717) is 0 Å². The van der Waals surface area contributed by atoms with Crippen molar-refractivity contribution in [1.29, 1.82) is 0 Å². The lowest BCUT2D eigenvalue weighted by Crippen LogP contribution is -2.38. The van der Waals surface area contributed by atoms with E-state index in [0.717, 1.165) is 19.3 Å². The molecule has 2 unspecified atom stereocenters. The van der Waals surface area contributed by atoms with Gasteiger partial charge >= 0.3 is 0 Å². The van der Waals surface area contributed by atoms with E-state index in [1.54, 1.807) is 12.5 Å². The average molecular weight is 264 g/mol. The smallest absolute Gasteiger partial charge is 0.225 e. The molecular weight excluding hydrogens is 250 g/mol. The van der Waals surface area contributed by atoms with Crippen LogP contribution < -0.4 is 4.72 Å². The maximum absolute atomic E-state index is 11.4. The second-order valence-corrected chi connectivity index (χ2v) is 6.29. The fourth-order valence-corrected chi connectivity index (χ4v) is 3.15. The summed E-state index contributed by atoms with van der Waals surface area (Å²) in [5.74, 6) is 0. The molecule has 16 heavy (non-hydrogen) atoms. The van der Waals surface area contributed by atoms with E-state index < -0.39 is 10.0 Å². The Morgan fingerprint density at radius 2 is 2.31 bits per heavy atom. The molecule has 1 fully saturated rings. The number of sulfonamides is 1. The molecular formula is C9H14ClN3O2S. The first-order chi connectivity index (χ1) is 7.62. The third-order valence-electron chi connectivity index (χ3n) is 2.86. The van der Waals surface area contributed by atoms with Crippen molar-refractivity contribution in [3.8, 4) is 0 Å². The lowest BCUT2D eigenvalue weighted by molar-refractivity contribution is 0.432. The van der Waals surface area contributed by atoms with E-state index in [1.165, 1.54) is 0 Å². The molecule has 1 saturated carbocycles. The Labute approximate surface area is 99.9 Å². The summed E-state index contributed by atoms with van der Waals surface area (Å²) in [5, 5.41) is -0.389. The summed E-state index contributed by atoms with van der Waals surface area (Å²) in [6, 6.07) is 0.0819. The topological polar surface area (TPSA) is 64.0 Å². The molecule has 2 rings (SSSR count). The first kappa shape index (κ1) is 11.9. The number of hydrogen-bond acceptors (Lipinski definition) is 3. The molecule has 90 valence electrons.